The van der Waals surface area contributed by atoms with E-state index in [1.54, 1.807) is 23.1 Å². The van der Waals surface area contributed by atoms with Crippen molar-refractivity contribution < 1.29 is 22.8 Å². The van der Waals surface area contributed by atoms with E-state index in [0.717, 1.165) is 17.0 Å². The van der Waals surface area contributed by atoms with E-state index in [0.29, 0.717) is 0 Å². The molecule has 0 bridgehead atoms. The minimum atomic E-state index is -4.65. The molecule has 0 aliphatic heterocycles. The number of benzene rings is 1. The van der Waals surface area contributed by atoms with Gasteiger partial charge >= 0.3 is 18.0 Å². The predicted molar refractivity (Wildman–Crippen MR) is 97.8 cm³/mol. The molecule has 3 aromatic rings. The average Bonchev–Trinajstić information content (AvgIpc) is 3.36. The molecule has 10 heteroatoms. The SMILES string of the molecule is O=C(NCC(c1cccs1)n1cccn1)C(=O)Nc1ccccc1C(F)(F)F. The lowest BCUT2D eigenvalue weighted by Gasteiger charge is -2.17. The number of hydrogen-bond donors (Lipinski definition) is 2. The summed E-state index contributed by atoms with van der Waals surface area (Å²) in [5.41, 5.74) is -1.50. The number of para-hydroxylation sites is 1. The Morgan fingerprint density at radius 1 is 1.11 bits per heavy atom. The van der Waals surface area contributed by atoms with Crippen LogP contribution in [0.25, 0.3) is 0 Å². The van der Waals surface area contributed by atoms with Crippen LogP contribution < -0.4 is 10.6 Å². The van der Waals surface area contributed by atoms with Crippen molar-refractivity contribution in [1.29, 1.82) is 0 Å². The zero-order valence-corrected chi connectivity index (χ0v) is 15.1. The third kappa shape index (κ3) is 4.58. The van der Waals surface area contributed by atoms with Crippen molar-refractivity contribution in [3.05, 3.63) is 70.7 Å². The fourth-order valence-electron chi connectivity index (χ4n) is 2.56. The molecule has 28 heavy (non-hydrogen) atoms. The van der Waals surface area contributed by atoms with Crippen molar-refractivity contribution in [1.82, 2.24) is 15.1 Å². The van der Waals surface area contributed by atoms with Crippen LogP contribution in [0.15, 0.2) is 60.2 Å². The summed E-state index contributed by atoms with van der Waals surface area (Å²) in [7, 11) is 0. The molecule has 0 saturated heterocycles. The van der Waals surface area contributed by atoms with E-state index in [1.165, 1.54) is 23.5 Å². The summed E-state index contributed by atoms with van der Waals surface area (Å²) in [5, 5.41) is 10.5. The van der Waals surface area contributed by atoms with Crippen molar-refractivity contribution in [2.45, 2.75) is 12.2 Å². The molecule has 0 aliphatic rings. The lowest BCUT2D eigenvalue weighted by atomic mass is 10.1. The van der Waals surface area contributed by atoms with Crippen molar-refractivity contribution in [2.75, 3.05) is 11.9 Å². The van der Waals surface area contributed by atoms with E-state index < -0.39 is 29.2 Å². The number of carbonyl (C=O) groups excluding carboxylic acids is 2. The highest BCUT2D eigenvalue weighted by Crippen LogP contribution is 2.34. The topological polar surface area (TPSA) is 76.0 Å². The second-order valence-corrected chi connectivity index (χ2v) is 6.70. The molecule has 1 aromatic carbocycles. The molecule has 2 N–H and O–H groups in total. The third-order valence-corrected chi connectivity index (χ3v) is 4.83. The smallest absolute Gasteiger partial charge is 0.345 e. The van der Waals surface area contributed by atoms with Gasteiger partial charge in [0.15, 0.2) is 0 Å². The maximum absolute atomic E-state index is 13.0. The van der Waals surface area contributed by atoms with Gasteiger partial charge in [-0.3, -0.25) is 14.3 Å². The maximum atomic E-state index is 13.0. The molecule has 0 radical (unpaired) electrons. The van der Waals surface area contributed by atoms with Crippen molar-refractivity contribution >= 4 is 28.8 Å². The van der Waals surface area contributed by atoms with Gasteiger partial charge in [0.25, 0.3) is 0 Å². The van der Waals surface area contributed by atoms with Crippen LogP contribution in [0.4, 0.5) is 18.9 Å². The first kappa shape index (κ1) is 19.6. The highest BCUT2D eigenvalue weighted by atomic mass is 32.1. The third-order valence-electron chi connectivity index (χ3n) is 3.86. The van der Waals surface area contributed by atoms with Gasteiger partial charge in [-0.15, -0.1) is 11.3 Å². The fraction of sp³-hybridized carbons (Fsp3) is 0.167. The van der Waals surface area contributed by atoms with Gasteiger partial charge in [0.2, 0.25) is 0 Å². The number of hydrogen-bond acceptors (Lipinski definition) is 4. The van der Waals surface area contributed by atoms with Crippen LogP contribution in [0.1, 0.15) is 16.5 Å². The summed E-state index contributed by atoms with van der Waals surface area (Å²) >= 11 is 1.46. The monoisotopic (exact) mass is 408 g/mol. The van der Waals surface area contributed by atoms with E-state index in [-0.39, 0.29) is 12.6 Å². The van der Waals surface area contributed by atoms with E-state index in [1.807, 2.05) is 22.8 Å². The first-order valence-electron chi connectivity index (χ1n) is 8.14. The molecule has 0 spiro atoms. The largest absolute Gasteiger partial charge is 0.418 e. The Labute approximate surface area is 162 Å². The normalized spacial score (nSPS) is 12.4. The number of nitrogens with one attached hydrogen (secondary N) is 2. The highest BCUT2D eigenvalue weighted by molar-refractivity contribution is 7.10. The van der Waals surface area contributed by atoms with Gasteiger partial charge in [0.1, 0.15) is 6.04 Å². The second kappa shape index (κ2) is 8.26. The van der Waals surface area contributed by atoms with Crippen molar-refractivity contribution in [3.8, 4) is 0 Å². The molecule has 1 atom stereocenters. The number of rotatable bonds is 5. The molecule has 146 valence electrons. The maximum Gasteiger partial charge on any atom is 0.418 e. The number of anilines is 1. The predicted octanol–water partition coefficient (Wildman–Crippen LogP) is 3.31. The van der Waals surface area contributed by atoms with Crippen LogP contribution in [0.2, 0.25) is 0 Å². The average molecular weight is 408 g/mol. The molecule has 6 nitrogen and oxygen atoms in total. The van der Waals surface area contributed by atoms with Gasteiger partial charge in [-0.05, 0) is 29.6 Å². The van der Waals surface area contributed by atoms with E-state index in [2.05, 4.69) is 10.4 Å². The number of amides is 2. The van der Waals surface area contributed by atoms with E-state index >= 15 is 0 Å². The van der Waals surface area contributed by atoms with Crippen molar-refractivity contribution in [3.63, 3.8) is 0 Å². The Kier molecular flexibility index (Phi) is 5.78. The minimum Gasteiger partial charge on any atom is -0.345 e. The van der Waals surface area contributed by atoms with Gasteiger partial charge in [-0.1, -0.05) is 18.2 Å². The Balaban J connectivity index is 1.67. The standard InChI is InChI=1S/C18H15F3N4O2S/c19-18(20,21)12-5-1-2-6-13(12)24-17(27)16(26)22-11-14(15-7-3-10-28-15)25-9-4-8-23-25/h1-10,14H,11H2,(H,22,26)(H,24,27). The lowest BCUT2D eigenvalue weighted by Crippen LogP contribution is -2.39. The Morgan fingerprint density at radius 3 is 2.54 bits per heavy atom. The summed E-state index contributed by atoms with van der Waals surface area (Å²) in [4.78, 5) is 25.1. The number of carbonyl (C=O) groups is 2. The molecule has 3 rings (SSSR count). The summed E-state index contributed by atoms with van der Waals surface area (Å²) in [6.45, 7) is 0.0510. The van der Waals surface area contributed by atoms with Gasteiger partial charge in [0.05, 0.1) is 11.3 Å². The zero-order chi connectivity index (χ0) is 20.1. The molecule has 2 amide bonds. The molecule has 0 aliphatic carbocycles. The molecular formula is C18H15F3N4O2S. The highest BCUT2D eigenvalue weighted by Gasteiger charge is 2.34. The van der Waals surface area contributed by atoms with Crippen LogP contribution in [0.5, 0.6) is 0 Å². The zero-order valence-electron chi connectivity index (χ0n) is 14.3. The summed E-state index contributed by atoms with van der Waals surface area (Å²) < 4.78 is 40.7. The van der Waals surface area contributed by atoms with Crippen LogP contribution >= 0.6 is 11.3 Å². The summed E-state index contributed by atoms with van der Waals surface area (Å²) in [6.07, 6.45) is -1.34. The Bertz CT molecular complexity index is 906. The first-order chi connectivity index (χ1) is 13.4. The van der Waals surface area contributed by atoms with Gasteiger partial charge in [0, 0.05) is 23.8 Å². The summed E-state index contributed by atoms with van der Waals surface area (Å²) in [6, 6.07) is 9.56. The van der Waals surface area contributed by atoms with Crippen molar-refractivity contribution in [2.24, 2.45) is 0 Å². The van der Waals surface area contributed by atoms with Crippen LogP contribution in [0, 0.1) is 0 Å². The quantitative estimate of drug-likeness (QED) is 0.636. The Hall–Kier alpha value is -3.14. The van der Waals surface area contributed by atoms with Crippen LogP contribution in [-0.4, -0.2) is 28.1 Å². The summed E-state index contributed by atoms with van der Waals surface area (Å²) in [5.74, 6) is -2.22. The molecule has 0 fully saturated rings. The number of alkyl halides is 3. The van der Waals surface area contributed by atoms with Gasteiger partial charge in [-0.25, -0.2) is 0 Å². The molecule has 2 aromatic heterocycles. The van der Waals surface area contributed by atoms with Gasteiger partial charge < -0.3 is 10.6 Å². The number of nitrogens with zero attached hydrogens (tertiary/aromatic N) is 2. The number of aromatic nitrogens is 2. The fourth-order valence-corrected chi connectivity index (χ4v) is 3.38. The first-order valence-corrected chi connectivity index (χ1v) is 9.02. The van der Waals surface area contributed by atoms with Crippen LogP contribution in [-0.2, 0) is 15.8 Å². The minimum absolute atomic E-state index is 0.0510. The second-order valence-electron chi connectivity index (χ2n) is 5.72. The van der Waals surface area contributed by atoms with E-state index in [9.17, 15) is 22.8 Å². The molecule has 0 saturated carbocycles. The number of thiophene rings is 1. The van der Waals surface area contributed by atoms with Gasteiger partial charge in [-0.2, -0.15) is 18.3 Å². The molecule has 2 heterocycles. The Morgan fingerprint density at radius 2 is 1.89 bits per heavy atom. The number of halogens is 3. The molecular weight excluding hydrogens is 393 g/mol. The van der Waals surface area contributed by atoms with E-state index in [4.69, 9.17) is 0 Å². The lowest BCUT2D eigenvalue weighted by molar-refractivity contribution is -0.138. The van der Waals surface area contributed by atoms with Crippen LogP contribution in [0.3, 0.4) is 0 Å². The molecule has 1 unspecified atom stereocenters.